The van der Waals surface area contributed by atoms with E-state index in [0.29, 0.717) is 12.2 Å². The second-order valence-corrected chi connectivity index (χ2v) is 2.29. The number of allylic oxidation sites excluding steroid dienone is 1. The highest BCUT2D eigenvalue weighted by Crippen LogP contribution is 2.14. The van der Waals surface area contributed by atoms with Crippen molar-refractivity contribution < 1.29 is 14.3 Å². The zero-order valence-electron chi connectivity index (χ0n) is 6.74. The summed E-state index contributed by atoms with van der Waals surface area (Å²) in [6.07, 6.45) is 3.64. The summed E-state index contributed by atoms with van der Waals surface area (Å²) in [5.41, 5.74) is 0.113. The fourth-order valence-electron chi connectivity index (χ4n) is 0.920. The summed E-state index contributed by atoms with van der Waals surface area (Å²) < 4.78 is 4.92. The number of aliphatic carboxylic acids is 1. The van der Waals surface area contributed by atoms with Gasteiger partial charge in [0.2, 0.25) is 0 Å². The third-order valence-electron chi connectivity index (χ3n) is 1.41. The molecule has 0 aliphatic heterocycles. The molecule has 0 saturated carbocycles. The molecule has 0 aliphatic carbocycles. The first-order chi connectivity index (χ1) is 5.75. The average molecular weight is 165 g/mol. The van der Waals surface area contributed by atoms with Gasteiger partial charge in [-0.05, 0) is 18.6 Å². The summed E-state index contributed by atoms with van der Waals surface area (Å²) >= 11 is 0. The first-order valence-corrected chi connectivity index (χ1v) is 3.71. The predicted octanol–water partition coefficient (Wildman–Crippen LogP) is 0.823. The van der Waals surface area contributed by atoms with Crippen molar-refractivity contribution in [2.45, 2.75) is 13.3 Å². The van der Waals surface area contributed by atoms with Crippen LogP contribution in [0.5, 0.6) is 0 Å². The lowest BCUT2D eigenvalue weighted by Gasteiger charge is -2.03. The molecule has 0 unspecified atom stereocenters. The van der Waals surface area contributed by atoms with E-state index in [1.165, 1.54) is 6.26 Å². The summed E-state index contributed by atoms with van der Waals surface area (Å²) in [5.74, 6) is -0.858. The molecule has 64 valence electrons. The largest absolute Gasteiger partial charge is 0.545 e. The summed E-state index contributed by atoms with van der Waals surface area (Å²) in [7, 11) is 0. The topological polar surface area (TPSA) is 53.3 Å². The zero-order chi connectivity index (χ0) is 8.97. The van der Waals surface area contributed by atoms with Gasteiger partial charge < -0.3 is 14.3 Å². The molecular formula is C9H9O3-. The highest BCUT2D eigenvalue weighted by Gasteiger charge is 2.03. The molecule has 0 spiro atoms. The van der Waals surface area contributed by atoms with Gasteiger partial charge in [0.15, 0.2) is 0 Å². The van der Waals surface area contributed by atoms with E-state index in [1.54, 1.807) is 18.2 Å². The van der Waals surface area contributed by atoms with Gasteiger partial charge in [0, 0.05) is 5.57 Å². The Bertz CT molecular complexity index is 283. The number of carboxylic acid groups (broad SMARTS) is 1. The van der Waals surface area contributed by atoms with Crippen molar-refractivity contribution in [2.24, 2.45) is 0 Å². The molecule has 0 radical (unpaired) electrons. The van der Waals surface area contributed by atoms with Crippen molar-refractivity contribution in [1.29, 1.82) is 0 Å². The predicted molar refractivity (Wildman–Crippen MR) is 42.0 cm³/mol. The minimum Gasteiger partial charge on any atom is -0.545 e. The van der Waals surface area contributed by atoms with E-state index in [9.17, 15) is 9.90 Å². The zero-order valence-corrected chi connectivity index (χ0v) is 6.74. The molecule has 1 heterocycles. The first-order valence-electron chi connectivity index (χ1n) is 3.71. The molecule has 1 rings (SSSR count). The first kappa shape index (κ1) is 8.59. The summed E-state index contributed by atoms with van der Waals surface area (Å²) in [6, 6.07) is 3.24. The Morgan fingerprint density at radius 3 is 2.92 bits per heavy atom. The van der Waals surface area contributed by atoms with Crippen LogP contribution in [0.15, 0.2) is 28.9 Å². The van der Waals surface area contributed by atoms with Crippen molar-refractivity contribution in [3.63, 3.8) is 0 Å². The SMILES string of the molecule is CCC=C(C(=O)[O-])c1ccco1. The third-order valence-corrected chi connectivity index (χ3v) is 1.41. The molecule has 1 aromatic rings. The Balaban J connectivity index is 2.96. The van der Waals surface area contributed by atoms with Crippen molar-refractivity contribution in [1.82, 2.24) is 0 Å². The van der Waals surface area contributed by atoms with Gasteiger partial charge in [-0.2, -0.15) is 0 Å². The van der Waals surface area contributed by atoms with Gasteiger partial charge in [0.05, 0.1) is 12.2 Å². The normalized spacial score (nSPS) is 11.6. The Morgan fingerprint density at radius 2 is 2.50 bits per heavy atom. The Hall–Kier alpha value is -1.51. The van der Waals surface area contributed by atoms with Crippen molar-refractivity contribution >= 4 is 11.5 Å². The number of hydrogen-bond acceptors (Lipinski definition) is 3. The lowest BCUT2D eigenvalue weighted by Crippen LogP contribution is -2.23. The molecule has 0 aliphatic rings. The quantitative estimate of drug-likeness (QED) is 0.623. The fraction of sp³-hybridized carbons (Fsp3) is 0.222. The third kappa shape index (κ3) is 1.75. The van der Waals surface area contributed by atoms with Gasteiger partial charge in [-0.15, -0.1) is 0 Å². The Kier molecular flexibility index (Phi) is 2.69. The lowest BCUT2D eigenvalue weighted by atomic mass is 10.2. The van der Waals surface area contributed by atoms with Crippen LogP contribution in [0.1, 0.15) is 19.1 Å². The Morgan fingerprint density at radius 1 is 1.75 bits per heavy atom. The second kappa shape index (κ2) is 3.76. The van der Waals surface area contributed by atoms with Crippen LogP contribution in [-0.2, 0) is 4.79 Å². The van der Waals surface area contributed by atoms with E-state index in [1.807, 2.05) is 6.92 Å². The molecule has 0 N–H and O–H groups in total. The van der Waals surface area contributed by atoms with Crippen molar-refractivity contribution in [2.75, 3.05) is 0 Å². The van der Waals surface area contributed by atoms with Crippen molar-refractivity contribution in [3.05, 3.63) is 30.2 Å². The van der Waals surface area contributed by atoms with E-state index in [2.05, 4.69) is 0 Å². The smallest absolute Gasteiger partial charge is 0.135 e. The number of carbonyl (C=O) groups is 1. The van der Waals surface area contributed by atoms with Crippen LogP contribution in [0, 0.1) is 0 Å². The number of hydrogen-bond donors (Lipinski definition) is 0. The van der Waals surface area contributed by atoms with Gasteiger partial charge in [-0.1, -0.05) is 13.0 Å². The summed E-state index contributed by atoms with van der Waals surface area (Å²) in [4.78, 5) is 10.5. The number of furan rings is 1. The molecule has 12 heavy (non-hydrogen) atoms. The van der Waals surface area contributed by atoms with E-state index in [0.717, 1.165) is 0 Å². The van der Waals surface area contributed by atoms with Gasteiger partial charge in [0.25, 0.3) is 0 Å². The highest BCUT2D eigenvalue weighted by molar-refractivity contribution is 6.13. The highest BCUT2D eigenvalue weighted by atomic mass is 16.4. The fourth-order valence-corrected chi connectivity index (χ4v) is 0.920. The van der Waals surface area contributed by atoms with Gasteiger partial charge >= 0.3 is 0 Å². The molecule has 0 aromatic carbocycles. The molecule has 0 amide bonds. The van der Waals surface area contributed by atoms with Gasteiger partial charge in [-0.25, -0.2) is 0 Å². The molecule has 0 bridgehead atoms. The minimum atomic E-state index is -1.20. The van der Waals surface area contributed by atoms with Crippen LogP contribution in [0.2, 0.25) is 0 Å². The average Bonchev–Trinajstić information content (AvgIpc) is 2.51. The van der Waals surface area contributed by atoms with E-state index in [4.69, 9.17) is 4.42 Å². The Labute approximate surface area is 70.3 Å². The standard InChI is InChI=1S/C9H10O3/c1-2-4-7(9(10)11)8-5-3-6-12-8/h3-6H,2H2,1H3,(H,10,11)/p-1. The van der Waals surface area contributed by atoms with Crippen molar-refractivity contribution in [3.8, 4) is 0 Å². The van der Waals surface area contributed by atoms with Crippen LogP contribution in [-0.4, -0.2) is 5.97 Å². The van der Waals surface area contributed by atoms with Crippen LogP contribution in [0.3, 0.4) is 0 Å². The summed E-state index contributed by atoms with van der Waals surface area (Å²) in [5, 5.41) is 10.5. The lowest BCUT2D eigenvalue weighted by molar-refractivity contribution is -0.295. The monoisotopic (exact) mass is 165 g/mol. The number of carboxylic acids is 1. The second-order valence-electron chi connectivity index (χ2n) is 2.29. The van der Waals surface area contributed by atoms with Gasteiger partial charge in [-0.3, -0.25) is 0 Å². The molecule has 1 aromatic heterocycles. The van der Waals surface area contributed by atoms with Crippen LogP contribution in [0.25, 0.3) is 5.57 Å². The van der Waals surface area contributed by atoms with E-state index >= 15 is 0 Å². The molecule has 3 nitrogen and oxygen atoms in total. The summed E-state index contributed by atoms with van der Waals surface area (Å²) in [6.45, 7) is 1.85. The maximum absolute atomic E-state index is 10.5. The maximum atomic E-state index is 10.5. The molecule has 3 heteroatoms. The molecule has 0 saturated heterocycles. The maximum Gasteiger partial charge on any atom is 0.135 e. The minimum absolute atomic E-state index is 0.113. The van der Waals surface area contributed by atoms with E-state index in [-0.39, 0.29) is 5.57 Å². The van der Waals surface area contributed by atoms with Crippen LogP contribution in [0.4, 0.5) is 0 Å². The van der Waals surface area contributed by atoms with Gasteiger partial charge in [0.1, 0.15) is 5.76 Å². The number of rotatable bonds is 3. The molecule has 0 atom stereocenters. The van der Waals surface area contributed by atoms with E-state index < -0.39 is 5.97 Å². The van der Waals surface area contributed by atoms with Crippen LogP contribution < -0.4 is 5.11 Å². The number of carbonyl (C=O) groups excluding carboxylic acids is 1. The molecule has 0 fully saturated rings. The van der Waals surface area contributed by atoms with Crippen LogP contribution >= 0.6 is 0 Å². The molecular weight excluding hydrogens is 156 g/mol.